The third-order valence-corrected chi connectivity index (χ3v) is 4.46. The van der Waals surface area contributed by atoms with Crippen molar-refractivity contribution in [1.29, 1.82) is 0 Å². The molecule has 25 heavy (non-hydrogen) atoms. The Kier molecular flexibility index (Phi) is 7.68. The predicted octanol–water partition coefficient (Wildman–Crippen LogP) is 4.01. The zero-order chi connectivity index (χ0) is 18.2. The highest BCUT2D eigenvalue weighted by molar-refractivity contribution is 7.09. The minimum absolute atomic E-state index is 0.0248. The highest BCUT2D eigenvalue weighted by atomic mass is 35.5. The van der Waals surface area contributed by atoms with E-state index in [4.69, 9.17) is 21.1 Å². The number of carbonyl (C=O) groups excluding carboxylic acids is 1. The molecule has 0 N–H and O–H groups in total. The molecule has 0 radical (unpaired) electrons. The lowest BCUT2D eigenvalue weighted by atomic mass is 10.2. The van der Waals surface area contributed by atoms with Gasteiger partial charge in [-0.25, -0.2) is 4.98 Å². The first-order valence-electron chi connectivity index (χ1n) is 8.06. The summed E-state index contributed by atoms with van der Waals surface area (Å²) in [6, 6.07) is 7.22. The zero-order valence-corrected chi connectivity index (χ0v) is 16.3. The van der Waals surface area contributed by atoms with Gasteiger partial charge in [0.15, 0.2) is 0 Å². The fourth-order valence-electron chi connectivity index (χ4n) is 2.27. The molecule has 2 rings (SSSR count). The van der Waals surface area contributed by atoms with Crippen LogP contribution in [0.3, 0.4) is 0 Å². The van der Waals surface area contributed by atoms with E-state index in [2.05, 4.69) is 18.8 Å². The molecule has 0 saturated heterocycles. The van der Waals surface area contributed by atoms with Gasteiger partial charge in [-0.1, -0.05) is 25.4 Å². The topological polar surface area (TPSA) is 51.7 Å². The van der Waals surface area contributed by atoms with Gasteiger partial charge in [-0.05, 0) is 30.2 Å². The first-order valence-corrected chi connectivity index (χ1v) is 9.32. The summed E-state index contributed by atoms with van der Waals surface area (Å²) in [6.45, 7) is 5.80. The lowest BCUT2D eigenvalue weighted by molar-refractivity contribution is -0.136. The van der Waals surface area contributed by atoms with Crippen molar-refractivity contribution in [3.63, 3.8) is 0 Å². The molecule has 0 aliphatic rings. The van der Waals surface area contributed by atoms with Gasteiger partial charge in [0, 0.05) is 24.1 Å². The summed E-state index contributed by atoms with van der Waals surface area (Å²) in [6.07, 6.45) is 0. The maximum atomic E-state index is 12.2. The van der Waals surface area contributed by atoms with E-state index in [1.807, 2.05) is 17.5 Å². The Morgan fingerprint density at radius 1 is 1.32 bits per heavy atom. The summed E-state index contributed by atoms with van der Waals surface area (Å²) in [5.41, 5.74) is 0.866. The largest absolute Gasteiger partial charge is 0.486 e. The molecule has 2 aromatic rings. The summed E-state index contributed by atoms with van der Waals surface area (Å²) in [5.74, 6) is 1.10. The highest BCUT2D eigenvalue weighted by Gasteiger charge is 2.16. The molecule has 1 heterocycles. The molecule has 0 aliphatic heterocycles. The molecule has 5 nitrogen and oxygen atoms in total. The van der Waals surface area contributed by atoms with Crippen LogP contribution in [0.4, 0.5) is 0 Å². The normalized spacial score (nSPS) is 10.9. The predicted molar refractivity (Wildman–Crippen MR) is 100 cm³/mol. The number of hydrogen-bond donors (Lipinski definition) is 0. The van der Waals surface area contributed by atoms with Crippen LogP contribution in [0.5, 0.6) is 5.75 Å². The van der Waals surface area contributed by atoms with E-state index in [-0.39, 0.29) is 12.5 Å². The second-order valence-electron chi connectivity index (χ2n) is 6.08. The number of nitrogens with zero attached hydrogens (tertiary/aromatic N) is 2. The maximum absolute atomic E-state index is 12.2. The van der Waals surface area contributed by atoms with Crippen LogP contribution in [0.25, 0.3) is 0 Å². The molecule has 1 aromatic carbocycles. The fourth-order valence-corrected chi connectivity index (χ4v) is 3.09. The van der Waals surface area contributed by atoms with Crippen molar-refractivity contribution in [3.05, 3.63) is 45.4 Å². The van der Waals surface area contributed by atoms with Crippen LogP contribution < -0.4 is 4.74 Å². The number of hydrogen-bond acceptors (Lipinski definition) is 5. The quantitative estimate of drug-likeness (QED) is 0.657. The first kappa shape index (κ1) is 19.7. The van der Waals surface area contributed by atoms with Crippen LogP contribution in [0.2, 0.25) is 5.02 Å². The summed E-state index contributed by atoms with van der Waals surface area (Å²) in [5, 5.41) is 3.51. The van der Waals surface area contributed by atoms with Crippen LogP contribution >= 0.6 is 22.9 Å². The smallest absolute Gasteiger partial charge is 0.248 e. The molecule has 1 amide bonds. The number of aromatic nitrogens is 1. The second-order valence-corrected chi connectivity index (χ2v) is 7.46. The number of benzene rings is 1. The van der Waals surface area contributed by atoms with E-state index >= 15 is 0 Å². The van der Waals surface area contributed by atoms with Gasteiger partial charge in [0.2, 0.25) is 5.91 Å². The van der Waals surface area contributed by atoms with Crippen LogP contribution in [-0.4, -0.2) is 36.1 Å². The monoisotopic (exact) mass is 382 g/mol. The number of halogens is 1. The Hall–Kier alpha value is -1.63. The van der Waals surface area contributed by atoms with Gasteiger partial charge >= 0.3 is 0 Å². The molecular formula is C18H23ClN2O3S. The van der Waals surface area contributed by atoms with E-state index in [1.54, 1.807) is 17.0 Å². The molecule has 0 atom stereocenters. The molecule has 0 fully saturated rings. The SMILES string of the molecule is COCC(=O)N(Cc1csc(COc2ccc(Cl)cc2)n1)CC(C)C. The number of rotatable bonds is 9. The minimum Gasteiger partial charge on any atom is -0.486 e. The standard InChI is InChI=1S/C18H23ClN2O3S/c1-13(2)8-21(18(22)11-23-3)9-15-12-25-17(20-15)10-24-16-6-4-14(19)5-7-16/h4-7,12-13H,8-11H2,1-3H3. The molecule has 136 valence electrons. The van der Waals surface area contributed by atoms with Crippen molar-refractivity contribution in [2.75, 3.05) is 20.3 Å². The Morgan fingerprint density at radius 3 is 2.68 bits per heavy atom. The van der Waals surface area contributed by atoms with E-state index in [1.165, 1.54) is 18.4 Å². The summed E-state index contributed by atoms with van der Waals surface area (Å²) >= 11 is 7.38. The summed E-state index contributed by atoms with van der Waals surface area (Å²) in [4.78, 5) is 18.5. The van der Waals surface area contributed by atoms with Gasteiger partial charge < -0.3 is 14.4 Å². The first-order chi connectivity index (χ1) is 12.0. The van der Waals surface area contributed by atoms with Crippen molar-refractivity contribution in [1.82, 2.24) is 9.88 Å². The van der Waals surface area contributed by atoms with Gasteiger partial charge in [0.05, 0.1) is 12.2 Å². The Morgan fingerprint density at radius 2 is 2.04 bits per heavy atom. The van der Waals surface area contributed by atoms with Gasteiger partial charge in [0.25, 0.3) is 0 Å². The van der Waals surface area contributed by atoms with E-state index in [0.717, 1.165) is 16.5 Å². The third-order valence-electron chi connectivity index (χ3n) is 3.33. The summed E-state index contributed by atoms with van der Waals surface area (Å²) in [7, 11) is 1.53. The van der Waals surface area contributed by atoms with Crippen molar-refractivity contribution in [3.8, 4) is 5.75 Å². The average Bonchev–Trinajstić information content (AvgIpc) is 3.01. The summed E-state index contributed by atoms with van der Waals surface area (Å²) < 4.78 is 10.7. The number of amides is 1. The second kappa shape index (κ2) is 9.75. The molecule has 0 bridgehead atoms. The van der Waals surface area contributed by atoms with E-state index < -0.39 is 0 Å². The average molecular weight is 383 g/mol. The Balaban J connectivity index is 1.93. The van der Waals surface area contributed by atoms with Gasteiger partial charge in [-0.3, -0.25) is 4.79 Å². The van der Waals surface area contributed by atoms with Gasteiger partial charge in [0.1, 0.15) is 24.0 Å². The zero-order valence-electron chi connectivity index (χ0n) is 14.7. The number of ether oxygens (including phenoxy) is 2. The molecule has 1 aromatic heterocycles. The van der Waals surface area contributed by atoms with Crippen molar-refractivity contribution < 1.29 is 14.3 Å². The highest BCUT2D eigenvalue weighted by Crippen LogP contribution is 2.19. The van der Waals surface area contributed by atoms with Crippen LogP contribution in [0, 0.1) is 5.92 Å². The third kappa shape index (κ3) is 6.65. The van der Waals surface area contributed by atoms with Crippen molar-refractivity contribution >= 4 is 28.8 Å². The van der Waals surface area contributed by atoms with Gasteiger partial charge in [-0.2, -0.15) is 0 Å². The van der Waals surface area contributed by atoms with Crippen LogP contribution in [-0.2, 0) is 22.7 Å². The lowest BCUT2D eigenvalue weighted by Gasteiger charge is -2.23. The van der Waals surface area contributed by atoms with Crippen LogP contribution in [0.15, 0.2) is 29.6 Å². The maximum Gasteiger partial charge on any atom is 0.248 e. The number of thiazole rings is 1. The molecule has 0 unspecified atom stereocenters. The molecule has 0 saturated carbocycles. The molecule has 0 spiro atoms. The van der Waals surface area contributed by atoms with E-state index in [0.29, 0.717) is 30.6 Å². The molecular weight excluding hydrogens is 360 g/mol. The van der Waals surface area contributed by atoms with E-state index in [9.17, 15) is 4.79 Å². The molecule has 0 aliphatic carbocycles. The number of carbonyl (C=O) groups is 1. The fraction of sp³-hybridized carbons (Fsp3) is 0.444. The lowest BCUT2D eigenvalue weighted by Crippen LogP contribution is -2.36. The van der Waals surface area contributed by atoms with Crippen LogP contribution in [0.1, 0.15) is 24.5 Å². The minimum atomic E-state index is -0.0248. The Labute approximate surface area is 157 Å². The van der Waals surface area contributed by atoms with Gasteiger partial charge in [-0.15, -0.1) is 11.3 Å². The Bertz CT molecular complexity index is 673. The van der Waals surface area contributed by atoms with Crippen molar-refractivity contribution in [2.45, 2.75) is 27.0 Å². The van der Waals surface area contributed by atoms with Crippen molar-refractivity contribution in [2.24, 2.45) is 5.92 Å². The number of methoxy groups -OCH3 is 1. The molecule has 7 heteroatoms.